The number of phosphoric acid groups is 6. The van der Waals surface area contributed by atoms with Crippen molar-refractivity contribution in [3.05, 3.63) is 0 Å². The lowest BCUT2D eigenvalue weighted by Crippen LogP contribution is -2.15. The van der Waals surface area contributed by atoms with Gasteiger partial charge in [0.25, 0.3) is 38.8 Å². The maximum absolute atomic E-state index is 10.1. The highest BCUT2D eigenvalue weighted by atomic mass is 32.1. The molecule has 25 N–H and O–H groups in total. The smallest absolute Gasteiger partial charge is 0.264 e. The summed E-state index contributed by atoms with van der Waals surface area (Å²) in [6, 6.07) is 0. The van der Waals surface area contributed by atoms with E-state index in [2.05, 4.69) is 167 Å². The summed E-state index contributed by atoms with van der Waals surface area (Å²) in [4.78, 5) is 163. The van der Waals surface area contributed by atoms with Crippen molar-refractivity contribution in [3.8, 4) is 0 Å². The molecule has 0 fully saturated rings. The van der Waals surface area contributed by atoms with Gasteiger partial charge in [0.1, 0.15) is 44.8 Å². The van der Waals surface area contributed by atoms with Gasteiger partial charge in [-0.1, -0.05) is 96.2 Å². The lowest BCUT2D eigenvalue weighted by molar-refractivity contribution is -0.435. The van der Waals surface area contributed by atoms with Gasteiger partial charge in [-0.25, -0.2) is 53.5 Å². The van der Waals surface area contributed by atoms with Crippen molar-refractivity contribution in [3.63, 3.8) is 0 Å². The van der Waals surface area contributed by atoms with Crippen LogP contribution in [0.2, 0.25) is 0 Å². The molecule has 9 atom stereocenters. The van der Waals surface area contributed by atoms with Crippen LogP contribution in [-0.4, -0.2) is 117 Å². The van der Waals surface area contributed by atoms with E-state index in [1.807, 2.05) is 10.2 Å². The molecule has 76 heteroatoms. The third-order valence-corrected chi connectivity index (χ3v) is 8.37. The Morgan fingerprint density at radius 2 is 0.530 bits per heavy atom. The minimum atomic E-state index is -5.14. The largest absolute Gasteiger partial charge is 0.790 e. The van der Waals surface area contributed by atoms with E-state index in [1.54, 1.807) is 6.92 Å². The van der Waals surface area contributed by atoms with Gasteiger partial charge < -0.3 is 121 Å². The summed E-state index contributed by atoms with van der Waals surface area (Å²) < 4.78 is 131. The Bertz CT molecular complexity index is 1380. The molecular weight excluding hydrogens is 1590 g/mol. The number of nitrogens with two attached hydrogens (primary N) is 1. The molecule has 56 nitrogen and oxygen atoms in total. The second-order valence-electron chi connectivity index (χ2n) is 7.80. The van der Waals surface area contributed by atoms with Gasteiger partial charge in [0, 0.05) is 39.9 Å². The monoisotopic (exact) mass is 1640 g/mol. The standard InChI is InChI=1S/2C2H8NO3P.C2H8NO2P.CH5O4P.5H4NO3PS.HNS.5H3O4P/c2*1-3-7(4,5)6-2;1-2-6(3,4)5;1-5-6(2,3)4;5*2-3-4-5-1-6;1-2;5*1-5(2,3)4/h2*1-2H3,(H2,3,4,5);2H2,1H3,(H3,3,4,5);1H3,(H2,2,3,4);5*1-2,5-6H;1H;5*(H3,1,2,3,4)/p-10. The number of phosphoric ester groups is 1. The summed E-state index contributed by atoms with van der Waals surface area (Å²) in [6.07, 6.45) is 0.160. The molecule has 0 aromatic rings. The molecule has 83 heavy (non-hydrogen) atoms. The van der Waals surface area contributed by atoms with Crippen LogP contribution in [0.5, 0.6) is 0 Å². The van der Waals surface area contributed by atoms with Gasteiger partial charge in [-0.3, -0.25) is 47.6 Å². The summed E-state index contributed by atoms with van der Waals surface area (Å²) in [6.45, 7) is 1.57. The third-order valence-electron chi connectivity index (χ3n) is 2.34. The van der Waals surface area contributed by atoms with Crippen LogP contribution < -0.4 is 87.1 Å². The van der Waals surface area contributed by atoms with Gasteiger partial charge in [0.15, 0.2) is 0 Å². The van der Waals surface area contributed by atoms with Gasteiger partial charge >= 0.3 is 0 Å². The predicted molar refractivity (Wildman–Crippen MR) is 281 cm³/mol. The van der Waals surface area contributed by atoms with Crippen molar-refractivity contribution in [2.24, 2.45) is 5.50 Å². The fraction of sp³-hybridized carbons (Fsp3) is 1.00. The molecule has 0 aliphatic rings. The van der Waals surface area contributed by atoms with Crippen LogP contribution in [0.3, 0.4) is 0 Å². The van der Waals surface area contributed by atoms with Crippen LogP contribution in [0.1, 0.15) is 6.92 Å². The van der Waals surface area contributed by atoms with Crippen molar-refractivity contribution < 1.29 is 227 Å². The van der Waals surface area contributed by atoms with Crippen molar-refractivity contribution in [2.75, 3.05) is 41.6 Å². The first-order valence-electron chi connectivity index (χ1n) is 15.3. The maximum Gasteiger partial charge on any atom is 0.264 e. The summed E-state index contributed by atoms with van der Waals surface area (Å²) in [7, 11) is -34.8. The summed E-state index contributed by atoms with van der Waals surface area (Å²) in [5, 5.41) is 56.9. The van der Waals surface area contributed by atoms with Crippen LogP contribution in [-0.2, 0) is 116 Å². The first-order valence-corrected chi connectivity index (χ1v) is 36.6. The fourth-order valence-corrected chi connectivity index (χ4v) is 1.67. The maximum atomic E-state index is 10.1. The topological polar surface area (TPSA) is 942 Å². The average molecular weight is 1640 g/mol. The summed E-state index contributed by atoms with van der Waals surface area (Å²) >= 11 is 20.8. The first-order chi connectivity index (χ1) is 36.9. The predicted octanol–water partition coefficient (Wildman–Crippen LogP) is -9.13. The molecule has 9 unspecified atom stereocenters. The van der Waals surface area contributed by atoms with Crippen LogP contribution in [0.15, 0.2) is 0 Å². The zero-order valence-electron chi connectivity index (χ0n) is 40.2. The second kappa shape index (κ2) is 88.2. The molecule has 0 aliphatic heterocycles. The number of hydrogen-bond acceptors (Lipinski definition) is 49. The van der Waals surface area contributed by atoms with E-state index in [0.29, 0.717) is 0 Å². The van der Waals surface area contributed by atoms with E-state index < -0.39 is 69.9 Å². The Labute approximate surface area is 507 Å². The van der Waals surface area contributed by atoms with Crippen LogP contribution in [0.25, 0.3) is 0 Å². The molecule has 0 aliphatic carbocycles. The van der Waals surface area contributed by atoms with Gasteiger partial charge in [0.2, 0.25) is 15.5 Å². The Hall–Kier alpha value is 4.15. The molecule has 0 heterocycles. The fourth-order valence-electron chi connectivity index (χ4n) is 0.369. The van der Waals surface area contributed by atoms with Crippen LogP contribution in [0, 0.1) is 4.78 Å². The van der Waals surface area contributed by atoms with Crippen LogP contribution in [0.4, 0.5) is 0 Å². The van der Waals surface area contributed by atoms with Gasteiger partial charge in [-0.2, -0.15) is 23.4 Å². The quantitative estimate of drug-likeness (QED) is 0.0167. The summed E-state index contributed by atoms with van der Waals surface area (Å²) in [5.74, 6) is 0. The highest BCUT2D eigenvalue weighted by molar-refractivity contribution is 7.83. The Kier molecular flexibility index (Phi) is 132. The lowest BCUT2D eigenvalue weighted by atomic mass is 11.0. The van der Waals surface area contributed by atoms with E-state index in [4.69, 9.17) is 137 Å². The van der Waals surface area contributed by atoms with E-state index in [0.717, 1.165) is 21.3 Å². The van der Waals surface area contributed by atoms with Crippen molar-refractivity contribution in [2.45, 2.75) is 6.92 Å². The summed E-state index contributed by atoms with van der Waals surface area (Å²) in [5.41, 5.74) is 4.65. The lowest BCUT2D eigenvalue weighted by Gasteiger charge is -2.19. The zero-order valence-corrected chi connectivity index (χ0v) is 58.6. The SMILES string of the molecule is CCP(N)(=O)O.CNP(=O)([O-])OC.CNP(=O)([O-])OC.COP(=O)([O-])O.N=S.O=P([O-])(O)O.O=P([O-])(O)O.O=P([O-])(O)O.O=P([O-])([O-])O.O=P([O-])([O-])O.OOOPNS.OOOPNS.OOOPNS.OOOPNS.OOOPNS. The van der Waals surface area contributed by atoms with E-state index >= 15 is 0 Å². The molecule has 0 radical (unpaired) electrons. The third kappa shape index (κ3) is 442. The van der Waals surface area contributed by atoms with Gasteiger partial charge in [0.05, 0.1) is 15.6 Å². The van der Waals surface area contributed by atoms with Crippen LogP contribution >= 0.6 is 179 Å². The molecule has 0 amide bonds. The number of thiol groups is 5. The van der Waals surface area contributed by atoms with Crippen molar-refractivity contribution >= 4 is 191 Å². The molecule has 0 aromatic heterocycles. The molecule has 0 spiro atoms. The zero-order chi connectivity index (χ0) is 70.9. The molecule has 0 rings (SSSR count). The first kappa shape index (κ1) is 124. The Morgan fingerprint density at radius 1 is 0.422 bits per heavy atom. The Morgan fingerprint density at radius 3 is 0.542 bits per heavy atom. The molecular formula is C7H55N9O47P14S6-10. The van der Waals surface area contributed by atoms with Gasteiger partial charge in [-0.05, 0) is 14.1 Å². The van der Waals surface area contributed by atoms with Crippen molar-refractivity contribution in [1.82, 2.24) is 32.6 Å². The molecule has 0 saturated heterocycles. The van der Waals surface area contributed by atoms with E-state index in [1.165, 1.54) is 14.1 Å². The molecule has 0 aromatic carbocycles. The normalized spacial score (nSPS) is 13.6. The minimum Gasteiger partial charge on any atom is -0.790 e. The number of rotatable bonds is 21. The van der Waals surface area contributed by atoms with E-state index in [-0.39, 0.29) is 51.0 Å². The number of nitrogens with one attached hydrogen (secondary N) is 8. The molecule has 0 bridgehead atoms. The molecule has 0 saturated carbocycles. The Balaban J connectivity index is -0.0000000461. The number of hydrogen-bond donors (Lipinski definition) is 29. The molecule has 526 valence electrons. The highest BCUT2D eigenvalue weighted by Gasteiger charge is 2.02. The second-order valence-corrected chi connectivity index (χ2v) is 26.0. The van der Waals surface area contributed by atoms with Gasteiger partial charge in [-0.15, -0.1) is 0 Å². The highest BCUT2D eigenvalue weighted by Crippen LogP contribution is 2.29. The van der Waals surface area contributed by atoms with E-state index in [9.17, 15) is 32.9 Å². The minimum absolute atomic E-state index is 0.143. The average Bonchev–Trinajstić information content (AvgIpc) is 3.32. The van der Waals surface area contributed by atoms with Crippen molar-refractivity contribution in [1.29, 1.82) is 4.78 Å².